The summed E-state index contributed by atoms with van der Waals surface area (Å²) in [6, 6.07) is 11.6. The number of rotatable bonds is 6. The Morgan fingerprint density at radius 2 is 1.81 bits per heavy atom. The van der Waals surface area contributed by atoms with Crippen molar-refractivity contribution in [2.75, 3.05) is 11.9 Å². The van der Waals surface area contributed by atoms with E-state index in [9.17, 15) is 12.8 Å². The Kier molecular flexibility index (Phi) is 5.53. The maximum atomic E-state index is 14.1. The molecule has 0 saturated carbocycles. The minimum absolute atomic E-state index is 0.0168. The molecule has 0 saturated heterocycles. The van der Waals surface area contributed by atoms with E-state index in [1.807, 2.05) is 13.8 Å². The molecule has 3 rings (SSSR count). The average molecular weight is 409 g/mol. The summed E-state index contributed by atoms with van der Waals surface area (Å²) >= 11 is 5.84. The van der Waals surface area contributed by atoms with Gasteiger partial charge in [0.1, 0.15) is 5.82 Å². The molecule has 0 unspecified atom stereocenters. The van der Waals surface area contributed by atoms with Crippen molar-refractivity contribution in [3.05, 3.63) is 59.4 Å². The molecule has 142 valence electrons. The Morgan fingerprint density at radius 1 is 1.15 bits per heavy atom. The number of anilines is 1. The van der Waals surface area contributed by atoms with Gasteiger partial charge in [-0.3, -0.25) is 0 Å². The van der Waals surface area contributed by atoms with Crippen LogP contribution in [0.25, 0.3) is 11.5 Å². The first-order valence-electron chi connectivity index (χ1n) is 8.29. The van der Waals surface area contributed by atoms with Crippen molar-refractivity contribution in [1.29, 1.82) is 0 Å². The van der Waals surface area contributed by atoms with E-state index in [0.717, 1.165) is 0 Å². The number of benzene rings is 2. The van der Waals surface area contributed by atoms with Gasteiger partial charge in [0.15, 0.2) is 0 Å². The number of nitrogens with one attached hydrogen (secondary N) is 1. The standard InChI is InChI=1S/C19H18ClFN2O3S/c1-12(2)11-22-18-19(27(24,25)14-9-7-13(20)8-10-14)23-17(26-18)15-5-3-4-6-16(15)21/h3-10,12,22H,11H2,1-2H3. The summed E-state index contributed by atoms with van der Waals surface area (Å²) < 4.78 is 45.8. The molecule has 1 aromatic heterocycles. The van der Waals surface area contributed by atoms with Gasteiger partial charge in [-0.15, -0.1) is 0 Å². The molecule has 0 fully saturated rings. The van der Waals surface area contributed by atoms with E-state index in [1.54, 1.807) is 6.07 Å². The first-order valence-corrected chi connectivity index (χ1v) is 10.2. The van der Waals surface area contributed by atoms with E-state index < -0.39 is 15.7 Å². The lowest BCUT2D eigenvalue weighted by atomic mass is 10.2. The van der Waals surface area contributed by atoms with Crippen molar-refractivity contribution >= 4 is 27.3 Å². The van der Waals surface area contributed by atoms with Crippen LogP contribution in [0, 0.1) is 11.7 Å². The molecule has 0 bridgehead atoms. The molecule has 0 spiro atoms. The van der Waals surface area contributed by atoms with Crippen LogP contribution in [0.5, 0.6) is 0 Å². The predicted molar refractivity (Wildman–Crippen MR) is 102 cm³/mol. The SMILES string of the molecule is CC(C)CNc1oc(-c2ccccc2F)nc1S(=O)(=O)c1ccc(Cl)cc1. The van der Waals surface area contributed by atoms with Crippen molar-refractivity contribution in [2.45, 2.75) is 23.8 Å². The topological polar surface area (TPSA) is 72.2 Å². The second-order valence-electron chi connectivity index (χ2n) is 6.37. The van der Waals surface area contributed by atoms with Gasteiger partial charge in [0.2, 0.25) is 26.6 Å². The predicted octanol–water partition coefficient (Wildman–Crippen LogP) is 5.03. The largest absolute Gasteiger partial charge is 0.419 e. The fourth-order valence-corrected chi connectivity index (χ4v) is 3.78. The Hall–Kier alpha value is -2.38. The highest BCUT2D eigenvalue weighted by Crippen LogP contribution is 2.33. The summed E-state index contributed by atoms with van der Waals surface area (Å²) in [5, 5.41) is 3.08. The van der Waals surface area contributed by atoms with E-state index in [4.69, 9.17) is 16.0 Å². The molecule has 0 atom stereocenters. The van der Waals surface area contributed by atoms with Crippen molar-refractivity contribution in [3.8, 4) is 11.5 Å². The van der Waals surface area contributed by atoms with Gasteiger partial charge in [-0.25, -0.2) is 12.8 Å². The minimum atomic E-state index is -3.98. The van der Waals surface area contributed by atoms with Crippen LogP contribution >= 0.6 is 11.6 Å². The molecule has 0 aliphatic rings. The number of oxazole rings is 1. The zero-order chi connectivity index (χ0) is 19.6. The molecule has 0 amide bonds. The Morgan fingerprint density at radius 3 is 2.44 bits per heavy atom. The zero-order valence-electron chi connectivity index (χ0n) is 14.7. The highest BCUT2D eigenvalue weighted by molar-refractivity contribution is 7.91. The number of halogens is 2. The highest BCUT2D eigenvalue weighted by atomic mass is 35.5. The molecular formula is C19H18ClFN2O3S. The van der Waals surface area contributed by atoms with Crippen LogP contribution in [0.2, 0.25) is 5.02 Å². The minimum Gasteiger partial charge on any atom is -0.419 e. The Balaban J connectivity index is 2.12. The van der Waals surface area contributed by atoms with Gasteiger partial charge in [0.05, 0.1) is 10.5 Å². The molecule has 3 aromatic rings. The van der Waals surface area contributed by atoms with Crippen LogP contribution in [0.3, 0.4) is 0 Å². The monoisotopic (exact) mass is 408 g/mol. The zero-order valence-corrected chi connectivity index (χ0v) is 16.3. The maximum absolute atomic E-state index is 14.1. The van der Waals surface area contributed by atoms with Crippen molar-refractivity contribution in [2.24, 2.45) is 5.92 Å². The molecule has 5 nitrogen and oxygen atoms in total. The van der Waals surface area contributed by atoms with Crippen molar-refractivity contribution in [3.63, 3.8) is 0 Å². The van der Waals surface area contributed by atoms with Crippen LogP contribution < -0.4 is 5.32 Å². The van der Waals surface area contributed by atoms with Crippen LogP contribution in [0.1, 0.15) is 13.8 Å². The maximum Gasteiger partial charge on any atom is 0.233 e. The van der Waals surface area contributed by atoms with E-state index >= 15 is 0 Å². The molecule has 8 heteroatoms. The van der Waals surface area contributed by atoms with Crippen molar-refractivity contribution in [1.82, 2.24) is 4.98 Å². The summed E-state index contributed by atoms with van der Waals surface area (Å²) in [5.41, 5.74) is 0.0858. The molecule has 0 radical (unpaired) electrons. The first-order chi connectivity index (χ1) is 12.8. The molecule has 0 aliphatic heterocycles. The van der Waals surface area contributed by atoms with Gasteiger partial charge in [-0.05, 0) is 42.3 Å². The quantitative estimate of drug-likeness (QED) is 0.619. The summed E-state index contributed by atoms with van der Waals surface area (Å²) in [6.07, 6.45) is 0. The Bertz CT molecular complexity index is 1050. The van der Waals surface area contributed by atoms with Gasteiger partial charge in [0.25, 0.3) is 0 Å². The number of aromatic nitrogens is 1. The lowest BCUT2D eigenvalue weighted by Crippen LogP contribution is -2.11. The molecule has 0 aliphatic carbocycles. The molecule has 27 heavy (non-hydrogen) atoms. The summed E-state index contributed by atoms with van der Waals surface area (Å²) in [4.78, 5) is 4.12. The first kappa shape index (κ1) is 19.4. The molecular weight excluding hydrogens is 391 g/mol. The second-order valence-corrected chi connectivity index (χ2v) is 8.67. The van der Waals surface area contributed by atoms with Gasteiger partial charge < -0.3 is 9.73 Å². The fraction of sp³-hybridized carbons (Fsp3) is 0.211. The number of sulfone groups is 1. The van der Waals surface area contributed by atoms with E-state index in [2.05, 4.69) is 10.3 Å². The second kappa shape index (κ2) is 7.70. The van der Waals surface area contributed by atoms with E-state index in [-0.39, 0.29) is 33.2 Å². The fourth-order valence-electron chi connectivity index (χ4n) is 2.37. The lowest BCUT2D eigenvalue weighted by molar-refractivity contribution is 0.559. The van der Waals surface area contributed by atoms with Gasteiger partial charge in [-0.2, -0.15) is 4.98 Å². The molecule has 1 N–H and O–H groups in total. The number of hydrogen-bond donors (Lipinski definition) is 1. The molecule has 2 aromatic carbocycles. The van der Waals surface area contributed by atoms with Crippen LogP contribution in [0.4, 0.5) is 10.3 Å². The Labute approximate surface area is 162 Å². The van der Waals surface area contributed by atoms with Gasteiger partial charge in [-0.1, -0.05) is 37.6 Å². The third-order valence-corrected chi connectivity index (χ3v) is 5.68. The number of hydrogen-bond acceptors (Lipinski definition) is 5. The smallest absolute Gasteiger partial charge is 0.233 e. The lowest BCUT2D eigenvalue weighted by Gasteiger charge is -2.08. The third kappa shape index (κ3) is 4.14. The normalized spacial score (nSPS) is 11.7. The van der Waals surface area contributed by atoms with Crippen LogP contribution in [-0.4, -0.2) is 19.9 Å². The van der Waals surface area contributed by atoms with Gasteiger partial charge >= 0.3 is 0 Å². The van der Waals surface area contributed by atoms with Crippen LogP contribution in [-0.2, 0) is 9.84 Å². The van der Waals surface area contributed by atoms with Crippen LogP contribution in [0.15, 0.2) is 62.9 Å². The summed E-state index contributed by atoms with van der Waals surface area (Å²) in [7, 11) is -3.98. The summed E-state index contributed by atoms with van der Waals surface area (Å²) in [6.45, 7) is 4.40. The summed E-state index contributed by atoms with van der Waals surface area (Å²) in [5.74, 6) is -0.438. The highest BCUT2D eigenvalue weighted by Gasteiger charge is 2.29. The van der Waals surface area contributed by atoms with E-state index in [0.29, 0.717) is 11.6 Å². The number of nitrogens with zero attached hydrogens (tertiary/aromatic N) is 1. The van der Waals surface area contributed by atoms with Crippen molar-refractivity contribution < 1.29 is 17.2 Å². The molecule has 1 heterocycles. The van der Waals surface area contributed by atoms with E-state index in [1.165, 1.54) is 42.5 Å². The van der Waals surface area contributed by atoms with Gasteiger partial charge in [0, 0.05) is 11.6 Å². The third-order valence-electron chi connectivity index (χ3n) is 3.75. The average Bonchev–Trinajstić information content (AvgIpc) is 3.05.